The Balaban J connectivity index is 2.50. The molecule has 0 aliphatic heterocycles. The molecule has 0 aliphatic carbocycles. The first-order valence-electron chi connectivity index (χ1n) is 6.44. The maximum Gasteiger partial charge on any atom is 0.249 e. The maximum absolute atomic E-state index is 13.1. The Hall–Kier alpha value is -2.14. The molecule has 1 heterocycles. The number of para-hydroxylation sites is 1. The molecule has 0 bridgehead atoms. The lowest BCUT2D eigenvalue weighted by atomic mass is 9.90. The van der Waals surface area contributed by atoms with E-state index in [0.717, 1.165) is 6.20 Å². The number of nitrogens with one attached hydrogen (secondary N) is 1. The van der Waals surface area contributed by atoms with E-state index in [-0.39, 0.29) is 0 Å². The number of aromatic nitrogens is 1. The molecule has 0 saturated heterocycles. The van der Waals surface area contributed by atoms with Gasteiger partial charge in [0.2, 0.25) is 5.91 Å². The second kappa shape index (κ2) is 6.10. The number of anilines is 1. The smallest absolute Gasteiger partial charge is 0.249 e. The average molecular weight is 308 g/mol. The molecule has 2 aromatic rings. The summed E-state index contributed by atoms with van der Waals surface area (Å²) in [5.74, 6) is -1.09. The van der Waals surface area contributed by atoms with Gasteiger partial charge in [-0.05, 0) is 30.7 Å². The highest BCUT2D eigenvalue weighted by Gasteiger charge is 2.38. The topological polar surface area (TPSA) is 68.0 Å². The summed E-state index contributed by atoms with van der Waals surface area (Å²) in [5, 5.41) is 3.51. The Morgan fingerprint density at radius 1 is 1.38 bits per heavy atom. The van der Waals surface area contributed by atoms with Gasteiger partial charge < -0.3 is 11.1 Å². The summed E-state index contributed by atoms with van der Waals surface area (Å²) >= 11 is 6.11. The number of rotatable bonds is 5. The summed E-state index contributed by atoms with van der Waals surface area (Å²) < 4.78 is 13.1. The highest BCUT2D eigenvalue weighted by atomic mass is 35.5. The fourth-order valence-electron chi connectivity index (χ4n) is 2.12. The second-order valence-corrected chi connectivity index (χ2v) is 5.00. The third-order valence-corrected chi connectivity index (χ3v) is 3.67. The summed E-state index contributed by atoms with van der Waals surface area (Å²) in [7, 11) is 0. The van der Waals surface area contributed by atoms with Gasteiger partial charge in [0.15, 0.2) is 5.54 Å². The molecule has 0 spiro atoms. The lowest BCUT2D eigenvalue weighted by Gasteiger charge is -2.31. The Morgan fingerprint density at radius 2 is 2.10 bits per heavy atom. The molecule has 0 radical (unpaired) electrons. The van der Waals surface area contributed by atoms with Crippen LogP contribution in [0.25, 0.3) is 0 Å². The maximum atomic E-state index is 13.1. The molecule has 4 nitrogen and oxygen atoms in total. The van der Waals surface area contributed by atoms with Crippen molar-refractivity contribution >= 4 is 23.2 Å². The molecule has 1 aromatic heterocycles. The zero-order chi connectivity index (χ0) is 15.5. The molecular weight excluding hydrogens is 293 g/mol. The zero-order valence-electron chi connectivity index (χ0n) is 11.4. The minimum atomic E-state index is -1.25. The van der Waals surface area contributed by atoms with E-state index in [1.807, 2.05) is 0 Å². The van der Waals surface area contributed by atoms with Crippen molar-refractivity contribution in [2.45, 2.75) is 18.9 Å². The monoisotopic (exact) mass is 307 g/mol. The predicted molar refractivity (Wildman–Crippen MR) is 80.4 cm³/mol. The zero-order valence-corrected chi connectivity index (χ0v) is 12.2. The van der Waals surface area contributed by atoms with Crippen molar-refractivity contribution in [2.75, 3.05) is 5.32 Å². The Morgan fingerprint density at radius 3 is 2.62 bits per heavy atom. The number of carbonyl (C=O) groups is 1. The van der Waals surface area contributed by atoms with Gasteiger partial charge in [-0.3, -0.25) is 9.78 Å². The van der Waals surface area contributed by atoms with Crippen LogP contribution in [0.3, 0.4) is 0 Å². The van der Waals surface area contributed by atoms with Crippen LogP contribution in [0.2, 0.25) is 5.02 Å². The molecule has 3 N–H and O–H groups in total. The van der Waals surface area contributed by atoms with Gasteiger partial charge in [-0.1, -0.05) is 30.7 Å². The van der Waals surface area contributed by atoms with Crippen molar-refractivity contribution in [1.82, 2.24) is 4.98 Å². The van der Waals surface area contributed by atoms with Gasteiger partial charge in [0.1, 0.15) is 5.82 Å². The van der Waals surface area contributed by atoms with Gasteiger partial charge in [0, 0.05) is 0 Å². The van der Waals surface area contributed by atoms with Gasteiger partial charge in [-0.15, -0.1) is 0 Å². The Labute approximate surface area is 127 Å². The summed E-state index contributed by atoms with van der Waals surface area (Å²) in [4.78, 5) is 16.0. The quantitative estimate of drug-likeness (QED) is 0.892. The summed E-state index contributed by atoms with van der Waals surface area (Å²) in [6.07, 6.45) is 1.39. The van der Waals surface area contributed by atoms with Crippen LogP contribution < -0.4 is 11.1 Å². The molecule has 0 saturated carbocycles. The van der Waals surface area contributed by atoms with Crippen LogP contribution in [0.15, 0.2) is 42.6 Å². The minimum Gasteiger partial charge on any atom is -0.367 e. The number of hydrogen-bond acceptors (Lipinski definition) is 3. The number of halogens is 2. The van der Waals surface area contributed by atoms with Crippen molar-refractivity contribution in [3.8, 4) is 0 Å². The molecule has 2 rings (SSSR count). The van der Waals surface area contributed by atoms with Gasteiger partial charge >= 0.3 is 0 Å². The first kappa shape index (κ1) is 15.3. The fraction of sp³-hybridized carbons (Fsp3) is 0.200. The van der Waals surface area contributed by atoms with Crippen LogP contribution >= 0.6 is 11.6 Å². The van der Waals surface area contributed by atoms with Crippen LogP contribution in [0, 0.1) is 5.82 Å². The largest absolute Gasteiger partial charge is 0.367 e. The van der Waals surface area contributed by atoms with E-state index in [4.69, 9.17) is 17.3 Å². The number of primary amides is 1. The summed E-state index contributed by atoms with van der Waals surface area (Å²) in [6.45, 7) is 1.79. The molecule has 0 fully saturated rings. The first-order valence-corrected chi connectivity index (χ1v) is 6.82. The van der Waals surface area contributed by atoms with Crippen LogP contribution in [-0.2, 0) is 10.3 Å². The third-order valence-electron chi connectivity index (χ3n) is 3.34. The number of benzene rings is 1. The summed E-state index contributed by atoms with van der Waals surface area (Å²) in [5.41, 5.74) is 5.23. The Bertz CT molecular complexity index is 648. The van der Waals surface area contributed by atoms with E-state index in [9.17, 15) is 9.18 Å². The normalized spacial score (nSPS) is 13.5. The highest BCUT2D eigenvalue weighted by Crippen LogP contribution is 2.31. The highest BCUT2D eigenvalue weighted by molar-refractivity contribution is 6.33. The van der Waals surface area contributed by atoms with Gasteiger partial charge in [0.05, 0.1) is 22.6 Å². The number of hydrogen-bond donors (Lipinski definition) is 2. The fourth-order valence-corrected chi connectivity index (χ4v) is 2.30. The average Bonchev–Trinajstić information content (AvgIpc) is 2.47. The van der Waals surface area contributed by atoms with E-state index in [1.165, 1.54) is 12.1 Å². The number of pyridine rings is 1. The minimum absolute atomic E-state index is 0.339. The molecule has 1 aromatic carbocycles. The lowest BCUT2D eigenvalue weighted by molar-refractivity contribution is -0.122. The van der Waals surface area contributed by atoms with Gasteiger partial charge in [-0.25, -0.2) is 4.39 Å². The van der Waals surface area contributed by atoms with Crippen molar-refractivity contribution in [1.29, 1.82) is 0 Å². The van der Waals surface area contributed by atoms with E-state index < -0.39 is 17.3 Å². The van der Waals surface area contributed by atoms with E-state index in [1.54, 1.807) is 31.2 Å². The second-order valence-electron chi connectivity index (χ2n) is 4.59. The molecule has 6 heteroatoms. The van der Waals surface area contributed by atoms with Crippen LogP contribution in [0.1, 0.15) is 19.0 Å². The van der Waals surface area contributed by atoms with E-state index >= 15 is 0 Å². The molecular formula is C15H15ClFN3O. The number of nitrogens with zero attached hydrogens (tertiary/aromatic N) is 1. The summed E-state index contributed by atoms with van der Waals surface area (Å²) in [6, 6.07) is 9.68. The molecule has 21 heavy (non-hydrogen) atoms. The van der Waals surface area contributed by atoms with Crippen molar-refractivity contribution in [3.63, 3.8) is 0 Å². The van der Waals surface area contributed by atoms with Gasteiger partial charge in [0.25, 0.3) is 0 Å². The third kappa shape index (κ3) is 2.97. The number of amides is 1. The number of carbonyl (C=O) groups excluding carboxylic acids is 1. The van der Waals surface area contributed by atoms with E-state index in [2.05, 4.69) is 10.3 Å². The van der Waals surface area contributed by atoms with Crippen molar-refractivity contribution in [2.24, 2.45) is 5.73 Å². The molecule has 1 amide bonds. The van der Waals surface area contributed by atoms with Crippen LogP contribution in [0.4, 0.5) is 10.1 Å². The lowest BCUT2D eigenvalue weighted by Crippen LogP contribution is -2.48. The van der Waals surface area contributed by atoms with E-state index in [0.29, 0.717) is 22.8 Å². The standard InChI is InChI=1S/C15H15ClFN3O/c1-2-15(14(18)21,13-8-7-10(17)9-19-13)20-12-6-4-3-5-11(12)16/h3-9,20H,2H2,1H3,(H2,18,21). The van der Waals surface area contributed by atoms with Gasteiger partial charge in [-0.2, -0.15) is 0 Å². The molecule has 1 unspecified atom stereocenters. The SMILES string of the molecule is CCC(Nc1ccccc1Cl)(C(N)=O)c1ccc(F)cn1. The van der Waals surface area contributed by atoms with Crippen LogP contribution in [-0.4, -0.2) is 10.9 Å². The number of nitrogens with two attached hydrogens (primary N) is 1. The molecule has 1 atom stereocenters. The first-order chi connectivity index (χ1) is 9.99. The molecule has 0 aliphatic rings. The van der Waals surface area contributed by atoms with Crippen molar-refractivity contribution < 1.29 is 9.18 Å². The van der Waals surface area contributed by atoms with Crippen LogP contribution in [0.5, 0.6) is 0 Å². The molecule has 110 valence electrons. The predicted octanol–water partition coefficient (Wildman–Crippen LogP) is 3.08. The Kier molecular flexibility index (Phi) is 4.43. The van der Waals surface area contributed by atoms with Crippen molar-refractivity contribution in [3.05, 3.63) is 59.1 Å².